The lowest BCUT2D eigenvalue weighted by atomic mass is 10.2. The Balaban J connectivity index is 3.04. The summed E-state index contributed by atoms with van der Waals surface area (Å²) in [4.78, 5) is 10.5. The van der Waals surface area contributed by atoms with Crippen LogP contribution in [0.15, 0.2) is 18.2 Å². The van der Waals surface area contributed by atoms with Gasteiger partial charge in [-0.2, -0.15) is 13.2 Å². The first-order chi connectivity index (χ1) is 6.80. The molecule has 1 aromatic carbocycles. The van der Waals surface area contributed by atoms with Crippen LogP contribution < -0.4 is 4.74 Å². The van der Waals surface area contributed by atoms with Crippen LogP contribution in [0.4, 0.5) is 13.2 Å². The van der Waals surface area contributed by atoms with Gasteiger partial charge in [0, 0.05) is 13.0 Å². The monoisotopic (exact) mass is 220 g/mol. The number of hydrogen-bond donors (Lipinski definition) is 1. The van der Waals surface area contributed by atoms with Crippen LogP contribution in [-0.2, 0) is 11.0 Å². The van der Waals surface area contributed by atoms with E-state index < -0.39 is 23.5 Å². The molecule has 6 heteroatoms. The normalized spacial score (nSPS) is 11.2. The first kappa shape index (κ1) is 11.4. The Bertz CT molecular complexity index is 385. The summed E-state index contributed by atoms with van der Waals surface area (Å²) in [6.45, 7) is 1.11. The van der Waals surface area contributed by atoms with Crippen LogP contribution in [0, 0.1) is 0 Å². The SMILES string of the molecule is CC(=O)Oc1ccc(C(F)(F)F)c(O)c1. The van der Waals surface area contributed by atoms with Gasteiger partial charge in [-0.05, 0) is 12.1 Å². The molecule has 0 bridgehead atoms. The van der Waals surface area contributed by atoms with Crippen molar-refractivity contribution in [3.05, 3.63) is 23.8 Å². The molecule has 1 N–H and O–H groups in total. The van der Waals surface area contributed by atoms with E-state index >= 15 is 0 Å². The quantitative estimate of drug-likeness (QED) is 0.583. The maximum absolute atomic E-state index is 12.2. The van der Waals surface area contributed by atoms with E-state index in [0.29, 0.717) is 6.07 Å². The Morgan fingerprint density at radius 2 is 2.00 bits per heavy atom. The maximum Gasteiger partial charge on any atom is 0.419 e. The predicted molar refractivity (Wildman–Crippen MR) is 44.4 cm³/mol. The van der Waals surface area contributed by atoms with Crippen molar-refractivity contribution in [3.63, 3.8) is 0 Å². The molecule has 0 heterocycles. The lowest BCUT2D eigenvalue weighted by Crippen LogP contribution is -2.06. The fourth-order valence-corrected chi connectivity index (χ4v) is 0.981. The zero-order chi connectivity index (χ0) is 11.6. The molecule has 1 aromatic rings. The highest BCUT2D eigenvalue weighted by Crippen LogP contribution is 2.37. The number of benzene rings is 1. The van der Waals surface area contributed by atoms with Gasteiger partial charge in [-0.1, -0.05) is 0 Å². The largest absolute Gasteiger partial charge is 0.507 e. The van der Waals surface area contributed by atoms with Gasteiger partial charge in [-0.3, -0.25) is 4.79 Å². The van der Waals surface area contributed by atoms with Gasteiger partial charge in [0.05, 0.1) is 5.56 Å². The molecule has 0 amide bonds. The second-order valence-electron chi connectivity index (χ2n) is 2.77. The van der Waals surface area contributed by atoms with Gasteiger partial charge >= 0.3 is 12.1 Å². The van der Waals surface area contributed by atoms with E-state index in [2.05, 4.69) is 4.74 Å². The number of halogens is 3. The van der Waals surface area contributed by atoms with Crippen molar-refractivity contribution in [1.29, 1.82) is 0 Å². The van der Waals surface area contributed by atoms with E-state index in [1.807, 2.05) is 0 Å². The third-order valence-corrected chi connectivity index (χ3v) is 1.54. The minimum Gasteiger partial charge on any atom is -0.507 e. The summed E-state index contributed by atoms with van der Waals surface area (Å²) in [6, 6.07) is 2.35. The van der Waals surface area contributed by atoms with Gasteiger partial charge in [0.2, 0.25) is 0 Å². The summed E-state index contributed by atoms with van der Waals surface area (Å²) in [5, 5.41) is 9.03. The van der Waals surface area contributed by atoms with E-state index in [0.717, 1.165) is 19.1 Å². The fourth-order valence-electron chi connectivity index (χ4n) is 0.981. The molecule has 0 aromatic heterocycles. The van der Waals surface area contributed by atoms with Crippen molar-refractivity contribution >= 4 is 5.97 Å². The van der Waals surface area contributed by atoms with Crippen molar-refractivity contribution in [3.8, 4) is 11.5 Å². The van der Waals surface area contributed by atoms with E-state index in [1.54, 1.807) is 0 Å². The van der Waals surface area contributed by atoms with Crippen LogP contribution in [0.3, 0.4) is 0 Å². The van der Waals surface area contributed by atoms with Gasteiger partial charge < -0.3 is 9.84 Å². The summed E-state index contributed by atoms with van der Waals surface area (Å²) in [5.74, 6) is -1.77. The maximum atomic E-state index is 12.2. The lowest BCUT2D eigenvalue weighted by molar-refractivity contribution is -0.138. The third kappa shape index (κ3) is 2.87. The molecule has 0 atom stereocenters. The number of phenols is 1. The molecule has 0 unspecified atom stereocenters. The Kier molecular flexibility index (Phi) is 2.88. The lowest BCUT2D eigenvalue weighted by Gasteiger charge is -2.09. The number of alkyl halides is 3. The Labute approximate surface area is 83.1 Å². The van der Waals surface area contributed by atoms with E-state index in [4.69, 9.17) is 5.11 Å². The van der Waals surface area contributed by atoms with Crippen LogP contribution in [0.25, 0.3) is 0 Å². The molecule has 0 aliphatic rings. The van der Waals surface area contributed by atoms with Gasteiger partial charge in [-0.25, -0.2) is 0 Å². The third-order valence-electron chi connectivity index (χ3n) is 1.54. The molecular formula is C9H7F3O3. The molecule has 0 saturated heterocycles. The van der Waals surface area contributed by atoms with Gasteiger partial charge in [0.15, 0.2) is 0 Å². The highest BCUT2D eigenvalue weighted by molar-refractivity contribution is 5.69. The number of hydrogen-bond acceptors (Lipinski definition) is 3. The topological polar surface area (TPSA) is 46.5 Å². The highest BCUT2D eigenvalue weighted by Gasteiger charge is 2.33. The van der Waals surface area contributed by atoms with Gasteiger partial charge in [-0.15, -0.1) is 0 Å². The van der Waals surface area contributed by atoms with Gasteiger partial charge in [0.1, 0.15) is 11.5 Å². The molecule has 0 fully saturated rings. The molecule has 0 saturated carbocycles. The standard InChI is InChI=1S/C9H7F3O3/c1-5(13)15-6-2-3-7(8(14)4-6)9(10,11)12/h2-4,14H,1H3. The van der Waals surface area contributed by atoms with Crippen molar-refractivity contribution < 1.29 is 27.8 Å². The molecule has 3 nitrogen and oxygen atoms in total. The van der Waals surface area contributed by atoms with Crippen LogP contribution in [0.5, 0.6) is 11.5 Å². The summed E-state index contributed by atoms with van der Waals surface area (Å²) < 4.78 is 41.0. The minimum absolute atomic E-state index is 0.131. The van der Waals surface area contributed by atoms with Crippen molar-refractivity contribution in [1.82, 2.24) is 0 Å². The molecule has 0 aliphatic heterocycles. The number of esters is 1. The Morgan fingerprint density at radius 1 is 1.40 bits per heavy atom. The average Bonchev–Trinajstić information content (AvgIpc) is 1.99. The molecule has 0 radical (unpaired) electrons. The second kappa shape index (κ2) is 3.80. The Morgan fingerprint density at radius 3 is 2.40 bits per heavy atom. The molecule has 82 valence electrons. The molecule has 15 heavy (non-hydrogen) atoms. The summed E-state index contributed by atoms with van der Waals surface area (Å²) >= 11 is 0. The zero-order valence-electron chi connectivity index (χ0n) is 7.63. The first-order valence-corrected chi connectivity index (χ1v) is 3.89. The summed E-state index contributed by atoms with van der Waals surface area (Å²) in [5.41, 5.74) is -1.17. The number of carbonyl (C=O) groups excluding carboxylic acids is 1. The van der Waals surface area contributed by atoms with Crippen LogP contribution in [0.1, 0.15) is 12.5 Å². The van der Waals surface area contributed by atoms with Crippen molar-refractivity contribution in [2.75, 3.05) is 0 Å². The Hall–Kier alpha value is -1.72. The molecular weight excluding hydrogens is 213 g/mol. The number of rotatable bonds is 1. The predicted octanol–water partition coefficient (Wildman–Crippen LogP) is 2.34. The van der Waals surface area contributed by atoms with Crippen LogP contribution in [0.2, 0.25) is 0 Å². The zero-order valence-corrected chi connectivity index (χ0v) is 7.63. The number of phenolic OH excluding ortho intramolecular Hbond substituents is 1. The number of aromatic hydroxyl groups is 1. The molecule has 0 spiro atoms. The highest BCUT2D eigenvalue weighted by atomic mass is 19.4. The van der Waals surface area contributed by atoms with Crippen molar-refractivity contribution in [2.24, 2.45) is 0 Å². The van der Waals surface area contributed by atoms with Crippen molar-refractivity contribution in [2.45, 2.75) is 13.1 Å². The van der Waals surface area contributed by atoms with E-state index in [1.165, 1.54) is 0 Å². The molecule has 1 rings (SSSR count). The summed E-state index contributed by atoms with van der Waals surface area (Å²) in [7, 11) is 0. The van der Waals surface area contributed by atoms with Crippen LogP contribution in [-0.4, -0.2) is 11.1 Å². The fraction of sp³-hybridized carbons (Fsp3) is 0.222. The van der Waals surface area contributed by atoms with E-state index in [9.17, 15) is 18.0 Å². The van der Waals surface area contributed by atoms with Gasteiger partial charge in [0.25, 0.3) is 0 Å². The van der Waals surface area contributed by atoms with E-state index in [-0.39, 0.29) is 5.75 Å². The average molecular weight is 220 g/mol. The smallest absolute Gasteiger partial charge is 0.419 e. The number of carbonyl (C=O) groups is 1. The van der Waals surface area contributed by atoms with Crippen LogP contribution >= 0.6 is 0 Å². The number of ether oxygens (including phenoxy) is 1. The molecule has 0 aliphatic carbocycles. The summed E-state index contributed by atoms with van der Waals surface area (Å²) in [6.07, 6.45) is -4.63. The second-order valence-corrected chi connectivity index (χ2v) is 2.77. The first-order valence-electron chi connectivity index (χ1n) is 3.89. The minimum atomic E-state index is -4.63.